The molecule has 0 bridgehead atoms. The third-order valence-electron chi connectivity index (χ3n) is 4.02. The lowest BCUT2D eigenvalue weighted by Crippen LogP contribution is -2.40. The predicted molar refractivity (Wildman–Crippen MR) is 71.3 cm³/mol. The van der Waals surface area contributed by atoms with Gasteiger partial charge in [-0.3, -0.25) is 0 Å². The third-order valence-corrected chi connectivity index (χ3v) is 4.02. The van der Waals surface area contributed by atoms with Gasteiger partial charge in [0.1, 0.15) is 0 Å². The molecule has 0 aromatic rings. The van der Waals surface area contributed by atoms with E-state index in [0.717, 1.165) is 25.6 Å². The van der Waals surface area contributed by atoms with Crippen LogP contribution in [0.4, 0.5) is 0 Å². The molecule has 1 rings (SSSR count). The minimum atomic E-state index is 0.539. The van der Waals surface area contributed by atoms with Crippen molar-refractivity contribution in [2.24, 2.45) is 11.8 Å². The Balaban J connectivity index is 2.19. The van der Waals surface area contributed by atoms with Gasteiger partial charge in [-0.25, -0.2) is 0 Å². The molecular formula is C14H29NO2. The van der Waals surface area contributed by atoms with E-state index in [-0.39, 0.29) is 0 Å². The van der Waals surface area contributed by atoms with E-state index >= 15 is 0 Å². The molecule has 1 saturated carbocycles. The molecule has 3 heteroatoms. The van der Waals surface area contributed by atoms with E-state index in [2.05, 4.69) is 26.2 Å². The van der Waals surface area contributed by atoms with Gasteiger partial charge < -0.3 is 14.8 Å². The van der Waals surface area contributed by atoms with Gasteiger partial charge in [-0.1, -0.05) is 6.92 Å². The first kappa shape index (κ1) is 14.9. The number of nitrogens with one attached hydrogen (secondary N) is 1. The lowest BCUT2D eigenvalue weighted by Gasteiger charge is -2.38. The van der Waals surface area contributed by atoms with Gasteiger partial charge in [-0.2, -0.15) is 0 Å². The summed E-state index contributed by atoms with van der Waals surface area (Å²) in [6, 6.07) is 0.623. The summed E-state index contributed by atoms with van der Waals surface area (Å²) < 4.78 is 10.8. The van der Waals surface area contributed by atoms with Crippen LogP contribution in [0.2, 0.25) is 0 Å². The van der Waals surface area contributed by atoms with Crippen LogP contribution in [0, 0.1) is 11.8 Å². The molecule has 0 aromatic heterocycles. The van der Waals surface area contributed by atoms with Crippen LogP contribution in [0.1, 0.15) is 39.5 Å². The first-order valence-electron chi connectivity index (χ1n) is 6.99. The second kappa shape index (κ2) is 8.06. The van der Waals surface area contributed by atoms with Crippen molar-refractivity contribution in [3.05, 3.63) is 0 Å². The van der Waals surface area contributed by atoms with E-state index in [1.807, 2.05) is 0 Å². The summed E-state index contributed by atoms with van der Waals surface area (Å²) in [5.74, 6) is 1.54. The Kier molecular flexibility index (Phi) is 7.09. The topological polar surface area (TPSA) is 30.5 Å². The number of ether oxygens (including phenoxy) is 2. The van der Waals surface area contributed by atoms with Gasteiger partial charge in [0.15, 0.2) is 0 Å². The Hall–Kier alpha value is -0.120. The summed E-state index contributed by atoms with van der Waals surface area (Å²) in [7, 11) is 3.85. The largest absolute Gasteiger partial charge is 0.385 e. The van der Waals surface area contributed by atoms with Crippen molar-refractivity contribution in [1.82, 2.24) is 5.32 Å². The molecule has 102 valence electrons. The van der Waals surface area contributed by atoms with E-state index in [1.54, 1.807) is 7.11 Å². The Labute approximate surface area is 106 Å². The smallest absolute Gasteiger partial charge is 0.0580 e. The van der Waals surface area contributed by atoms with Gasteiger partial charge in [0, 0.05) is 26.4 Å². The molecule has 0 aliphatic heterocycles. The molecule has 1 N–H and O–H groups in total. The highest BCUT2D eigenvalue weighted by Gasteiger charge is 2.32. The summed E-state index contributed by atoms with van der Waals surface area (Å²) >= 11 is 0. The summed E-state index contributed by atoms with van der Waals surface area (Å²) in [5.41, 5.74) is 0. The minimum absolute atomic E-state index is 0.539. The van der Waals surface area contributed by atoms with Gasteiger partial charge in [-0.15, -0.1) is 0 Å². The molecule has 0 aromatic carbocycles. The van der Waals surface area contributed by atoms with Crippen molar-refractivity contribution in [3.8, 4) is 0 Å². The average molecular weight is 243 g/mol. The summed E-state index contributed by atoms with van der Waals surface area (Å²) in [5, 5.41) is 3.46. The molecule has 17 heavy (non-hydrogen) atoms. The van der Waals surface area contributed by atoms with Crippen LogP contribution < -0.4 is 5.32 Å². The third kappa shape index (κ3) is 4.94. The van der Waals surface area contributed by atoms with Crippen LogP contribution in [0.25, 0.3) is 0 Å². The van der Waals surface area contributed by atoms with Gasteiger partial charge >= 0.3 is 0 Å². The number of rotatable bonds is 9. The first-order valence-corrected chi connectivity index (χ1v) is 6.99. The minimum Gasteiger partial charge on any atom is -0.385 e. The quantitative estimate of drug-likeness (QED) is 0.675. The Morgan fingerprint density at radius 1 is 1.35 bits per heavy atom. The number of hydrogen-bond donors (Lipinski definition) is 1. The molecule has 0 radical (unpaired) electrons. The standard InChI is InChI=1S/C14H29NO2/c1-5-17-13-8-12(9-13)10-14(15-3)11(2)6-7-16-4/h11-15H,5-10H2,1-4H3. The van der Waals surface area contributed by atoms with Crippen LogP contribution in [-0.2, 0) is 9.47 Å². The molecule has 0 amide bonds. The van der Waals surface area contributed by atoms with Crippen molar-refractivity contribution in [2.45, 2.75) is 51.7 Å². The fourth-order valence-electron chi connectivity index (χ4n) is 2.74. The zero-order chi connectivity index (χ0) is 12.7. The molecule has 0 spiro atoms. The average Bonchev–Trinajstić information content (AvgIpc) is 2.29. The summed E-state index contributed by atoms with van der Waals surface area (Å²) in [6.45, 7) is 6.12. The van der Waals surface area contributed by atoms with Crippen LogP contribution in [0.3, 0.4) is 0 Å². The Morgan fingerprint density at radius 3 is 2.59 bits per heavy atom. The van der Waals surface area contributed by atoms with Gasteiger partial charge in [0.2, 0.25) is 0 Å². The van der Waals surface area contributed by atoms with Crippen LogP contribution in [0.5, 0.6) is 0 Å². The molecule has 3 nitrogen and oxygen atoms in total. The molecule has 2 atom stereocenters. The zero-order valence-corrected chi connectivity index (χ0v) is 11.9. The molecular weight excluding hydrogens is 214 g/mol. The maximum atomic E-state index is 5.61. The van der Waals surface area contributed by atoms with Crippen molar-refractivity contribution in [3.63, 3.8) is 0 Å². The predicted octanol–water partition coefficient (Wildman–Crippen LogP) is 2.45. The Morgan fingerprint density at radius 2 is 2.06 bits per heavy atom. The maximum absolute atomic E-state index is 5.61. The molecule has 0 heterocycles. The monoisotopic (exact) mass is 243 g/mol. The zero-order valence-electron chi connectivity index (χ0n) is 11.9. The number of hydrogen-bond acceptors (Lipinski definition) is 3. The summed E-state index contributed by atoms with van der Waals surface area (Å²) in [6.07, 6.45) is 5.47. The van der Waals surface area contributed by atoms with Gasteiger partial charge in [0.25, 0.3) is 0 Å². The summed E-state index contributed by atoms with van der Waals surface area (Å²) in [4.78, 5) is 0. The number of methoxy groups -OCH3 is 1. The van der Waals surface area contributed by atoms with E-state index in [9.17, 15) is 0 Å². The van der Waals surface area contributed by atoms with E-state index in [0.29, 0.717) is 18.1 Å². The Bertz CT molecular complexity index is 193. The fourth-order valence-corrected chi connectivity index (χ4v) is 2.74. The van der Waals surface area contributed by atoms with E-state index < -0.39 is 0 Å². The lowest BCUT2D eigenvalue weighted by atomic mass is 9.76. The van der Waals surface area contributed by atoms with E-state index in [1.165, 1.54) is 19.3 Å². The highest BCUT2D eigenvalue weighted by molar-refractivity contribution is 4.85. The van der Waals surface area contributed by atoms with Crippen molar-refractivity contribution >= 4 is 0 Å². The van der Waals surface area contributed by atoms with Crippen molar-refractivity contribution in [2.75, 3.05) is 27.4 Å². The highest BCUT2D eigenvalue weighted by Crippen LogP contribution is 2.34. The molecule has 1 aliphatic carbocycles. The van der Waals surface area contributed by atoms with Crippen LogP contribution in [-0.4, -0.2) is 39.5 Å². The fraction of sp³-hybridized carbons (Fsp3) is 1.00. The van der Waals surface area contributed by atoms with Gasteiger partial charge in [0.05, 0.1) is 6.10 Å². The van der Waals surface area contributed by atoms with Crippen LogP contribution in [0.15, 0.2) is 0 Å². The normalized spacial score (nSPS) is 27.5. The highest BCUT2D eigenvalue weighted by atomic mass is 16.5. The second-order valence-corrected chi connectivity index (χ2v) is 5.30. The van der Waals surface area contributed by atoms with Crippen molar-refractivity contribution < 1.29 is 9.47 Å². The first-order chi connectivity index (χ1) is 8.21. The maximum Gasteiger partial charge on any atom is 0.0580 e. The molecule has 2 unspecified atom stereocenters. The lowest BCUT2D eigenvalue weighted by molar-refractivity contribution is -0.0306. The van der Waals surface area contributed by atoms with E-state index in [4.69, 9.17) is 9.47 Å². The van der Waals surface area contributed by atoms with Crippen LogP contribution >= 0.6 is 0 Å². The molecule has 0 saturated heterocycles. The second-order valence-electron chi connectivity index (χ2n) is 5.30. The molecule has 1 fully saturated rings. The van der Waals surface area contributed by atoms with Crippen molar-refractivity contribution in [1.29, 1.82) is 0 Å². The SMILES string of the molecule is CCOC1CC(CC(NC)C(C)CCOC)C1. The van der Waals surface area contributed by atoms with Gasteiger partial charge in [-0.05, 0) is 51.5 Å². The molecule has 1 aliphatic rings.